The smallest absolute Gasteiger partial charge is 0.313 e. The van der Waals surface area contributed by atoms with Gasteiger partial charge in [0.25, 0.3) is 11.5 Å². The molecule has 7 nitrogen and oxygen atoms in total. The van der Waals surface area contributed by atoms with Crippen LogP contribution in [0.5, 0.6) is 0 Å². The van der Waals surface area contributed by atoms with Crippen molar-refractivity contribution in [1.82, 2.24) is 9.78 Å². The van der Waals surface area contributed by atoms with Gasteiger partial charge in [-0.2, -0.15) is 5.10 Å². The fourth-order valence-corrected chi connectivity index (χ4v) is 3.46. The summed E-state index contributed by atoms with van der Waals surface area (Å²) >= 11 is 0. The Balaban J connectivity index is 1.59. The number of aryl methyl sites for hydroxylation is 1. The van der Waals surface area contributed by atoms with E-state index >= 15 is 0 Å². The third-order valence-electron chi connectivity index (χ3n) is 5.05. The number of halogens is 1. The van der Waals surface area contributed by atoms with E-state index in [-0.39, 0.29) is 12.0 Å². The lowest BCUT2D eigenvalue weighted by molar-refractivity contribution is -0.154. The van der Waals surface area contributed by atoms with E-state index < -0.39 is 23.8 Å². The zero-order valence-corrected chi connectivity index (χ0v) is 17.7. The van der Waals surface area contributed by atoms with Crippen LogP contribution in [0.15, 0.2) is 83.7 Å². The minimum absolute atomic E-state index is 0.234. The molecule has 1 unspecified atom stereocenters. The van der Waals surface area contributed by atoms with Crippen molar-refractivity contribution in [3.8, 4) is 0 Å². The van der Waals surface area contributed by atoms with Crippen LogP contribution in [0, 0.1) is 5.82 Å². The van der Waals surface area contributed by atoms with E-state index in [4.69, 9.17) is 4.74 Å². The number of hydrogen-bond donors (Lipinski definition) is 1. The standard InChI is InChI=1S/C25H20FN3O4/c1-29-25(32)20-10-6-5-9-19(20)21(28-29)15-22(30)33-23(16-7-3-2-4-8-16)24(31)27-18-13-11-17(26)12-14-18/h2-14,23H,15H2,1H3,(H,27,31). The second kappa shape index (κ2) is 9.44. The van der Waals surface area contributed by atoms with Gasteiger partial charge in [-0.15, -0.1) is 0 Å². The molecule has 1 heterocycles. The largest absolute Gasteiger partial charge is 0.447 e. The van der Waals surface area contributed by atoms with Gasteiger partial charge in [0.15, 0.2) is 0 Å². The molecular formula is C25H20FN3O4. The van der Waals surface area contributed by atoms with Gasteiger partial charge in [-0.25, -0.2) is 9.07 Å². The zero-order chi connectivity index (χ0) is 23.4. The van der Waals surface area contributed by atoms with Crippen molar-refractivity contribution < 1.29 is 18.7 Å². The molecule has 0 aliphatic rings. The number of aromatic nitrogens is 2. The molecule has 0 aliphatic heterocycles. The van der Waals surface area contributed by atoms with E-state index in [0.717, 1.165) is 0 Å². The Morgan fingerprint density at radius 1 is 0.970 bits per heavy atom. The van der Waals surface area contributed by atoms with Crippen LogP contribution < -0.4 is 10.9 Å². The van der Waals surface area contributed by atoms with Crippen molar-refractivity contribution in [2.24, 2.45) is 7.05 Å². The van der Waals surface area contributed by atoms with Crippen molar-refractivity contribution in [2.45, 2.75) is 12.5 Å². The van der Waals surface area contributed by atoms with Crippen LogP contribution >= 0.6 is 0 Å². The molecule has 0 spiro atoms. The molecular weight excluding hydrogens is 425 g/mol. The van der Waals surface area contributed by atoms with Gasteiger partial charge < -0.3 is 10.1 Å². The maximum absolute atomic E-state index is 13.2. The lowest BCUT2D eigenvalue weighted by Crippen LogP contribution is -2.27. The molecule has 0 saturated carbocycles. The fraction of sp³-hybridized carbons (Fsp3) is 0.120. The van der Waals surface area contributed by atoms with E-state index in [2.05, 4.69) is 10.4 Å². The Hall–Kier alpha value is -4.33. The highest BCUT2D eigenvalue weighted by Crippen LogP contribution is 2.22. The summed E-state index contributed by atoms with van der Waals surface area (Å²) < 4.78 is 19.9. The number of fused-ring (bicyclic) bond motifs is 1. The zero-order valence-electron chi connectivity index (χ0n) is 17.7. The van der Waals surface area contributed by atoms with E-state index in [1.807, 2.05) is 0 Å². The minimum Gasteiger partial charge on any atom is -0.447 e. The highest BCUT2D eigenvalue weighted by Gasteiger charge is 2.26. The fourth-order valence-electron chi connectivity index (χ4n) is 3.46. The first-order chi connectivity index (χ1) is 15.9. The Labute approximate surface area is 188 Å². The molecule has 0 saturated heterocycles. The number of carbonyl (C=O) groups excluding carboxylic acids is 2. The molecule has 8 heteroatoms. The topological polar surface area (TPSA) is 90.3 Å². The molecule has 1 atom stereocenters. The third-order valence-corrected chi connectivity index (χ3v) is 5.05. The summed E-state index contributed by atoms with van der Waals surface area (Å²) in [7, 11) is 1.51. The van der Waals surface area contributed by atoms with Crippen LogP contribution in [0.25, 0.3) is 10.8 Å². The lowest BCUT2D eigenvalue weighted by atomic mass is 10.1. The molecule has 0 radical (unpaired) electrons. The van der Waals surface area contributed by atoms with E-state index in [0.29, 0.717) is 27.7 Å². The van der Waals surface area contributed by atoms with Crippen LogP contribution in [0.4, 0.5) is 10.1 Å². The van der Waals surface area contributed by atoms with Crippen LogP contribution in [-0.2, 0) is 27.8 Å². The molecule has 1 aromatic heterocycles. The number of anilines is 1. The number of nitrogens with one attached hydrogen (secondary N) is 1. The number of nitrogens with zero attached hydrogens (tertiary/aromatic N) is 2. The van der Waals surface area contributed by atoms with Gasteiger partial charge in [0.1, 0.15) is 5.82 Å². The van der Waals surface area contributed by atoms with Gasteiger partial charge in [0, 0.05) is 23.7 Å². The summed E-state index contributed by atoms with van der Waals surface area (Å²) in [5.74, 6) is -1.70. The highest BCUT2D eigenvalue weighted by atomic mass is 19.1. The average molecular weight is 445 g/mol. The molecule has 0 bridgehead atoms. The predicted octanol–water partition coefficient (Wildman–Crippen LogP) is 3.54. The molecule has 166 valence electrons. The summed E-state index contributed by atoms with van der Waals surface area (Å²) in [5, 5.41) is 7.83. The SMILES string of the molecule is Cn1nc(CC(=O)OC(C(=O)Nc2ccc(F)cc2)c2ccccc2)c2ccccc2c1=O. The van der Waals surface area contributed by atoms with Gasteiger partial charge in [-0.1, -0.05) is 48.5 Å². The molecule has 3 aromatic carbocycles. The summed E-state index contributed by atoms with van der Waals surface area (Å²) in [6, 6.07) is 20.7. The van der Waals surface area contributed by atoms with Gasteiger partial charge in [-0.3, -0.25) is 14.4 Å². The Morgan fingerprint density at radius 2 is 1.61 bits per heavy atom. The number of ether oxygens (including phenoxy) is 1. The van der Waals surface area contributed by atoms with E-state index in [1.165, 1.54) is 36.0 Å². The maximum Gasteiger partial charge on any atom is 0.313 e. The molecule has 1 N–H and O–H groups in total. The predicted molar refractivity (Wildman–Crippen MR) is 121 cm³/mol. The van der Waals surface area contributed by atoms with Crippen molar-refractivity contribution in [2.75, 3.05) is 5.32 Å². The van der Waals surface area contributed by atoms with Gasteiger partial charge in [0.2, 0.25) is 6.10 Å². The number of benzene rings is 3. The minimum atomic E-state index is -1.23. The second-order valence-electron chi connectivity index (χ2n) is 7.37. The number of rotatable bonds is 6. The number of carbonyl (C=O) groups is 2. The van der Waals surface area contributed by atoms with Crippen LogP contribution in [0.1, 0.15) is 17.4 Å². The first-order valence-electron chi connectivity index (χ1n) is 10.2. The summed E-state index contributed by atoms with van der Waals surface area (Å²) in [4.78, 5) is 38.1. The van der Waals surface area contributed by atoms with Crippen LogP contribution in [0.3, 0.4) is 0 Å². The van der Waals surface area contributed by atoms with Crippen LogP contribution in [-0.4, -0.2) is 21.7 Å². The van der Waals surface area contributed by atoms with E-state index in [9.17, 15) is 18.8 Å². The molecule has 4 aromatic rings. The summed E-state index contributed by atoms with van der Waals surface area (Å²) in [6.45, 7) is 0. The Kier molecular flexibility index (Phi) is 6.26. The number of amides is 1. The molecule has 4 rings (SSSR count). The monoisotopic (exact) mass is 445 g/mol. The van der Waals surface area contributed by atoms with Crippen molar-refractivity contribution in [3.63, 3.8) is 0 Å². The Morgan fingerprint density at radius 3 is 2.30 bits per heavy atom. The molecule has 1 amide bonds. The van der Waals surface area contributed by atoms with Gasteiger partial charge in [-0.05, 0) is 30.3 Å². The molecule has 33 heavy (non-hydrogen) atoms. The normalized spacial score (nSPS) is 11.7. The van der Waals surface area contributed by atoms with Crippen molar-refractivity contribution in [1.29, 1.82) is 0 Å². The molecule has 0 aliphatic carbocycles. The quantitative estimate of drug-likeness (QED) is 0.459. The second-order valence-corrected chi connectivity index (χ2v) is 7.37. The summed E-state index contributed by atoms with van der Waals surface area (Å²) in [5.41, 5.74) is 0.930. The van der Waals surface area contributed by atoms with Gasteiger partial charge >= 0.3 is 5.97 Å². The Bertz CT molecular complexity index is 1370. The average Bonchev–Trinajstić information content (AvgIpc) is 2.83. The summed E-state index contributed by atoms with van der Waals surface area (Å²) in [6.07, 6.45) is -1.47. The van der Waals surface area contributed by atoms with E-state index in [1.54, 1.807) is 54.6 Å². The third kappa shape index (κ3) is 4.95. The maximum atomic E-state index is 13.2. The highest BCUT2D eigenvalue weighted by molar-refractivity contribution is 5.96. The van der Waals surface area contributed by atoms with Crippen molar-refractivity contribution in [3.05, 3.63) is 106 Å². The first kappa shape index (κ1) is 21.9. The van der Waals surface area contributed by atoms with Crippen LogP contribution in [0.2, 0.25) is 0 Å². The van der Waals surface area contributed by atoms with Crippen molar-refractivity contribution >= 4 is 28.3 Å². The number of hydrogen-bond acceptors (Lipinski definition) is 5. The number of esters is 1. The molecule has 0 fully saturated rings. The van der Waals surface area contributed by atoms with Gasteiger partial charge in [0.05, 0.1) is 17.5 Å². The first-order valence-corrected chi connectivity index (χ1v) is 10.2. The lowest BCUT2D eigenvalue weighted by Gasteiger charge is -2.18.